The molecule has 3 rings (SSSR count). The van der Waals surface area contributed by atoms with Gasteiger partial charge >= 0.3 is 6.18 Å². The van der Waals surface area contributed by atoms with Gasteiger partial charge in [-0.15, -0.1) is 0 Å². The third kappa shape index (κ3) is 5.53. The normalized spacial score (nSPS) is 15.2. The maximum absolute atomic E-state index is 13.6. The van der Waals surface area contributed by atoms with E-state index in [-0.39, 0.29) is 18.0 Å². The molecule has 0 unspecified atom stereocenters. The summed E-state index contributed by atoms with van der Waals surface area (Å²) in [6.07, 6.45) is -4.31. The zero-order valence-corrected chi connectivity index (χ0v) is 20.3. The van der Waals surface area contributed by atoms with E-state index in [0.29, 0.717) is 63.8 Å². The van der Waals surface area contributed by atoms with Crippen molar-refractivity contribution in [2.45, 2.75) is 33.4 Å². The Balaban J connectivity index is 1.96. The number of carbonyl (C=O) groups is 1. The fraction of sp³-hybridized carbons (Fsp3) is 0.391. The Morgan fingerprint density at radius 1 is 1.22 bits per heavy atom. The third-order valence-electron chi connectivity index (χ3n) is 5.38. The van der Waals surface area contributed by atoms with E-state index >= 15 is 0 Å². The van der Waals surface area contributed by atoms with Crippen LogP contribution in [0.25, 0.3) is 0 Å². The summed E-state index contributed by atoms with van der Waals surface area (Å²) in [5.74, 6) is -0.110. The number of nitrogens with zero attached hydrogens (tertiary/aromatic N) is 2. The molecule has 4 nitrogen and oxygen atoms in total. The standard InChI is InChI=1S/C23H23BrClF3N2O2/c1-13-10-16(24)12-19(23(26,27)28)21(13)29-14(2)11-18-15(3)17(4-5-20(18)25)22(31)30-6-8-32-9-7-30/h4-5,10,12H,6-9,11H2,1-3H3. The average Bonchev–Trinajstić information content (AvgIpc) is 2.72. The van der Waals surface area contributed by atoms with Crippen LogP contribution in [0, 0.1) is 13.8 Å². The third-order valence-corrected chi connectivity index (χ3v) is 6.19. The Labute approximate surface area is 198 Å². The van der Waals surface area contributed by atoms with Crippen LogP contribution in [0.2, 0.25) is 5.02 Å². The van der Waals surface area contributed by atoms with Crippen LogP contribution in [0.1, 0.15) is 39.5 Å². The summed E-state index contributed by atoms with van der Waals surface area (Å²) in [4.78, 5) is 19.0. The number of benzene rings is 2. The Morgan fingerprint density at radius 2 is 1.88 bits per heavy atom. The number of halogens is 5. The zero-order chi connectivity index (χ0) is 23.6. The lowest BCUT2D eigenvalue weighted by Gasteiger charge is -2.28. The lowest BCUT2D eigenvalue weighted by molar-refractivity contribution is -0.137. The number of aliphatic imine (C=N–C) groups is 1. The number of morpholine rings is 1. The van der Waals surface area contributed by atoms with Crippen molar-refractivity contribution in [2.24, 2.45) is 4.99 Å². The minimum atomic E-state index is -4.54. The highest BCUT2D eigenvalue weighted by Gasteiger charge is 2.34. The molecule has 1 heterocycles. The molecule has 0 atom stereocenters. The van der Waals surface area contributed by atoms with Gasteiger partial charge in [-0.2, -0.15) is 13.2 Å². The molecule has 1 aliphatic heterocycles. The lowest BCUT2D eigenvalue weighted by atomic mass is 9.97. The first kappa shape index (κ1) is 24.7. The molecule has 2 aromatic carbocycles. The molecule has 1 fully saturated rings. The summed E-state index contributed by atoms with van der Waals surface area (Å²) in [5, 5.41) is 0.444. The van der Waals surface area contributed by atoms with Crippen LogP contribution in [0.4, 0.5) is 18.9 Å². The fourth-order valence-electron chi connectivity index (χ4n) is 3.70. The predicted molar refractivity (Wildman–Crippen MR) is 123 cm³/mol. The molecule has 1 aliphatic rings. The van der Waals surface area contributed by atoms with Crippen LogP contribution < -0.4 is 0 Å². The van der Waals surface area contributed by atoms with Gasteiger partial charge in [-0.25, -0.2) is 0 Å². The van der Waals surface area contributed by atoms with Crippen LogP contribution >= 0.6 is 27.5 Å². The zero-order valence-electron chi connectivity index (χ0n) is 17.9. The molecule has 172 valence electrons. The number of alkyl halides is 3. The Bertz CT molecular complexity index is 1060. The molecule has 9 heteroatoms. The highest BCUT2D eigenvalue weighted by molar-refractivity contribution is 9.10. The summed E-state index contributed by atoms with van der Waals surface area (Å²) < 4.78 is 46.4. The molecular formula is C23H23BrClF3N2O2. The topological polar surface area (TPSA) is 41.9 Å². The second kappa shape index (κ2) is 9.93. The second-order valence-electron chi connectivity index (χ2n) is 7.74. The van der Waals surface area contributed by atoms with Crippen molar-refractivity contribution in [2.75, 3.05) is 26.3 Å². The monoisotopic (exact) mass is 530 g/mol. The van der Waals surface area contributed by atoms with Crippen molar-refractivity contribution >= 4 is 44.8 Å². The van der Waals surface area contributed by atoms with Gasteiger partial charge in [0.15, 0.2) is 0 Å². The first-order valence-corrected chi connectivity index (χ1v) is 11.2. The molecule has 0 spiro atoms. The van der Waals surface area contributed by atoms with Gasteiger partial charge in [0.25, 0.3) is 5.91 Å². The van der Waals surface area contributed by atoms with Crippen LogP contribution in [0.3, 0.4) is 0 Å². The number of ether oxygens (including phenoxy) is 1. The van der Waals surface area contributed by atoms with Gasteiger partial charge < -0.3 is 9.64 Å². The van der Waals surface area contributed by atoms with E-state index < -0.39 is 11.7 Å². The summed E-state index contributed by atoms with van der Waals surface area (Å²) in [6, 6.07) is 5.96. The summed E-state index contributed by atoms with van der Waals surface area (Å²) in [7, 11) is 0. The number of rotatable bonds is 4. The molecule has 0 bridgehead atoms. The van der Waals surface area contributed by atoms with Gasteiger partial charge in [-0.1, -0.05) is 27.5 Å². The smallest absolute Gasteiger partial charge is 0.378 e. The average molecular weight is 532 g/mol. The molecule has 0 aliphatic carbocycles. The van der Waals surface area contributed by atoms with E-state index in [1.165, 1.54) is 0 Å². The van der Waals surface area contributed by atoms with Crippen LogP contribution in [0.5, 0.6) is 0 Å². The Kier molecular flexibility index (Phi) is 7.68. The van der Waals surface area contributed by atoms with E-state index in [4.69, 9.17) is 16.3 Å². The molecule has 0 aromatic heterocycles. The summed E-state index contributed by atoms with van der Waals surface area (Å²) in [5.41, 5.74) is 1.85. The largest absolute Gasteiger partial charge is 0.418 e. The molecule has 2 aromatic rings. The summed E-state index contributed by atoms with van der Waals surface area (Å²) in [6.45, 7) is 7.06. The first-order chi connectivity index (χ1) is 15.0. The molecule has 0 saturated carbocycles. The summed E-state index contributed by atoms with van der Waals surface area (Å²) >= 11 is 9.53. The van der Waals surface area contributed by atoms with E-state index in [1.54, 1.807) is 43.9 Å². The van der Waals surface area contributed by atoms with Gasteiger partial charge in [0.05, 0.1) is 24.5 Å². The Morgan fingerprint density at radius 3 is 2.50 bits per heavy atom. The fourth-order valence-corrected chi connectivity index (χ4v) is 4.54. The van der Waals surface area contributed by atoms with Crippen LogP contribution in [-0.2, 0) is 17.3 Å². The highest BCUT2D eigenvalue weighted by Crippen LogP contribution is 2.40. The molecular weight excluding hydrogens is 509 g/mol. The van der Waals surface area contributed by atoms with Crippen molar-refractivity contribution in [1.82, 2.24) is 4.90 Å². The number of carbonyl (C=O) groups excluding carboxylic acids is 1. The van der Waals surface area contributed by atoms with Crippen molar-refractivity contribution in [3.05, 3.63) is 61.6 Å². The van der Waals surface area contributed by atoms with Gasteiger partial charge in [0.1, 0.15) is 0 Å². The molecule has 0 radical (unpaired) electrons. The van der Waals surface area contributed by atoms with E-state index in [0.717, 1.165) is 6.07 Å². The second-order valence-corrected chi connectivity index (χ2v) is 9.07. The van der Waals surface area contributed by atoms with E-state index in [9.17, 15) is 18.0 Å². The maximum Gasteiger partial charge on any atom is 0.418 e. The number of hydrogen-bond donors (Lipinski definition) is 0. The van der Waals surface area contributed by atoms with Crippen LogP contribution in [-0.4, -0.2) is 42.8 Å². The number of amides is 1. The SMILES string of the molecule is CC(Cc1c(Cl)ccc(C(=O)N2CCOCC2)c1C)=Nc1c(C)cc(Br)cc1C(F)(F)F. The van der Waals surface area contributed by atoms with Crippen molar-refractivity contribution in [1.29, 1.82) is 0 Å². The van der Waals surface area contributed by atoms with E-state index in [2.05, 4.69) is 20.9 Å². The molecule has 32 heavy (non-hydrogen) atoms. The van der Waals surface area contributed by atoms with Crippen molar-refractivity contribution < 1.29 is 22.7 Å². The van der Waals surface area contributed by atoms with Gasteiger partial charge in [0.2, 0.25) is 0 Å². The number of hydrogen-bond acceptors (Lipinski definition) is 3. The van der Waals surface area contributed by atoms with Crippen molar-refractivity contribution in [3.63, 3.8) is 0 Å². The first-order valence-electron chi connectivity index (χ1n) is 10.1. The molecule has 1 amide bonds. The predicted octanol–water partition coefficient (Wildman–Crippen LogP) is 6.55. The Hall–Kier alpha value is -1.90. The lowest BCUT2D eigenvalue weighted by Crippen LogP contribution is -2.41. The van der Waals surface area contributed by atoms with Crippen molar-refractivity contribution in [3.8, 4) is 0 Å². The van der Waals surface area contributed by atoms with Crippen LogP contribution in [0.15, 0.2) is 33.7 Å². The molecule has 1 saturated heterocycles. The van der Waals surface area contributed by atoms with Gasteiger partial charge in [0, 0.05) is 40.3 Å². The van der Waals surface area contributed by atoms with Gasteiger partial charge in [-0.3, -0.25) is 9.79 Å². The van der Waals surface area contributed by atoms with E-state index in [1.807, 2.05) is 0 Å². The maximum atomic E-state index is 13.6. The van der Waals surface area contributed by atoms with Gasteiger partial charge in [-0.05, 0) is 61.7 Å². The minimum absolute atomic E-state index is 0.110. The highest BCUT2D eigenvalue weighted by atomic mass is 79.9. The molecule has 0 N–H and O–H groups in total. The minimum Gasteiger partial charge on any atom is -0.378 e. The quantitative estimate of drug-likeness (QED) is 0.420. The number of aryl methyl sites for hydroxylation is 1.